The van der Waals surface area contributed by atoms with Crippen LogP contribution < -0.4 is 0 Å². The highest BCUT2D eigenvalue weighted by Crippen LogP contribution is 2.34. The Labute approximate surface area is 202 Å². The number of nitrogens with zero attached hydrogens (tertiary/aromatic N) is 2. The van der Waals surface area contributed by atoms with Crippen LogP contribution >= 0.6 is 11.6 Å². The van der Waals surface area contributed by atoms with Crippen molar-refractivity contribution < 1.29 is 16.8 Å². The first-order valence-corrected chi connectivity index (χ1v) is 15.1. The second kappa shape index (κ2) is 10.0. The van der Waals surface area contributed by atoms with E-state index in [0.717, 1.165) is 63.0 Å². The van der Waals surface area contributed by atoms with E-state index in [1.165, 1.54) is 29.8 Å². The molecule has 4 rings (SSSR count). The van der Waals surface area contributed by atoms with Crippen molar-refractivity contribution in [2.45, 2.75) is 47.9 Å². The van der Waals surface area contributed by atoms with Crippen LogP contribution in [0.15, 0.2) is 58.3 Å². The van der Waals surface area contributed by atoms with Gasteiger partial charge >= 0.3 is 0 Å². The van der Waals surface area contributed by atoms with Gasteiger partial charge in [-0.1, -0.05) is 29.8 Å². The monoisotopic (exact) mass is 510 g/mol. The van der Waals surface area contributed by atoms with Gasteiger partial charge in [-0.25, -0.2) is 16.8 Å². The normalized spacial score (nSPS) is 18.6. The van der Waals surface area contributed by atoms with E-state index < -0.39 is 19.9 Å². The van der Waals surface area contributed by atoms with Gasteiger partial charge in [0.05, 0.1) is 9.79 Å². The second-order valence-electron chi connectivity index (χ2n) is 9.21. The number of piperidine rings is 1. The third-order valence-electron chi connectivity index (χ3n) is 6.57. The maximum Gasteiger partial charge on any atom is 0.243 e. The van der Waals surface area contributed by atoms with E-state index in [1.807, 2.05) is 24.3 Å². The molecule has 1 aliphatic carbocycles. The van der Waals surface area contributed by atoms with Gasteiger partial charge in [-0.15, -0.1) is 0 Å². The summed E-state index contributed by atoms with van der Waals surface area (Å²) in [5.41, 5.74) is 1.24. The Morgan fingerprint density at radius 2 is 1.58 bits per heavy atom. The highest BCUT2D eigenvalue weighted by atomic mass is 35.5. The summed E-state index contributed by atoms with van der Waals surface area (Å²) in [5, 5.41) is 0.735. The van der Waals surface area contributed by atoms with Gasteiger partial charge in [-0.3, -0.25) is 0 Å². The molecular formula is C24H31ClN2O4S2. The minimum atomic E-state index is -3.78. The summed E-state index contributed by atoms with van der Waals surface area (Å²) in [6, 6.07) is 13.6. The lowest BCUT2D eigenvalue weighted by molar-refractivity contribution is 0.157. The number of likely N-dealkylation sites (tertiary alicyclic amines) is 1. The van der Waals surface area contributed by atoms with Crippen LogP contribution in [0.1, 0.15) is 31.2 Å². The lowest BCUT2D eigenvalue weighted by Gasteiger charge is -2.38. The van der Waals surface area contributed by atoms with Gasteiger partial charge in [0.25, 0.3) is 0 Å². The molecule has 0 unspecified atom stereocenters. The van der Waals surface area contributed by atoms with Gasteiger partial charge < -0.3 is 4.90 Å². The number of hydrogen-bond acceptors (Lipinski definition) is 5. The molecule has 1 saturated carbocycles. The molecule has 2 aromatic rings. The summed E-state index contributed by atoms with van der Waals surface area (Å²) in [4.78, 5) is 2.49. The van der Waals surface area contributed by atoms with E-state index in [9.17, 15) is 16.8 Å². The van der Waals surface area contributed by atoms with Gasteiger partial charge in [0.15, 0.2) is 9.84 Å². The van der Waals surface area contributed by atoms with Gasteiger partial charge in [-0.2, -0.15) is 4.31 Å². The van der Waals surface area contributed by atoms with Crippen molar-refractivity contribution in [2.24, 2.45) is 5.92 Å². The van der Waals surface area contributed by atoms with Crippen LogP contribution in [0.25, 0.3) is 0 Å². The average molecular weight is 511 g/mol. The summed E-state index contributed by atoms with van der Waals surface area (Å²) in [6.45, 7) is 3.14. The zero-order valence-corrected chi connectivity index (χ0v) is 21.2. The fourth-order valence-corrected chi connectivity index (χ4v) is 7.04. The van der Waals surface area contributed by atoms with Crippen molar-refractivity contribution in [3.8, 4) is 0 Å². The average Bonchev–Trinajstić information content (AvgIpc) is 3.61. The summed E-state index contributed by atoms with van der Waals surface area (Å²) in [7, 11) is -7.26. The van der Waals surface area contributed by atoms with E-state index in [0.29, 0.717) is 12.5 Å². The van der Waals surface area contributed by atoms with Crippen molar-refractivity contribution in [1.29, 1.82) is 0 Å². The predicted molar refractivity (Wildman–Crippen MR) is 131 cm³/mol. The molecule has 33 heavy (non-hydrogen) atoms. The van der Waals surface area contributed by atoms with Crippen LogP contribution in [0.2, 0.25) is 5.02 Å². The molecule has 2 aliphatic rings. The number of sulfonamides is 1. The molecule has 2 aromatic carbocycles. The number of hydrogen-bond donors (Lipinski definition) is 0. The Hall–Kier alpha value is -1.45. The van der Waals surface area contributed by atoms with Crippen molar-refractivity contribution in [1.82, 2.24) is 9.21 Å². The van der Waals surface area contributed by atoms with Gasteiger partial charge in [0, 0.05) is 30.4 Å². The Morgan fingerprint density at radius 1 is 0.939 bits per heavy atom. The molecule has 0 spiro atoms. The topological polar surface area (TPSA) is 74.8 Å². The van der Waals surface area contributed by atoms with Crippen molar-refractivity contribution >= 4 is 31.5 Å². The van der Waals surface area contributed by atoms with Crippen molar-refractivity contribution in [2.75, 3.05) is 32.4 Å². The molecule has 0 bridgehead atoms. The van der Waals surface area contributed by atoms with E-state index in [4.69, 9.17) is 11.6 Å². The molecule has 0 aromatic heterocycles. The Bertz CT molecular complexity index is 1170. The molecule has 1 heterocycles. The van der Waals surface area contributed by atoms with Crippen LogP contribution in [-0.2, 0) is 26.3 Å². The maximum atomic E-state index is 13.6. The Balaban J connectivity index is 1.44. The zero-order chi connectivity index (χ0) is 23.6. The molecule has 0 radical (unpaired) electrons. The summed E-state index contributed by atoms with van der Waals surface area (Å²) < 4.78 is 52.8. The van der Waals surface area contributed by atoms with Crippen LogP contribution in [-0.4, -0.2) is 64.5 Å². The molecule has 0 N–H and O–H groups in total. The minimum Gasteiger partial charge on any atom is -0.303 e. The molecule has 1 saturated heterocycles. The highest BCUT2D eigenvalue weighted by molar-refractivity contribution is 7.91. The standard InChI is InChI=1S/C24H31ClN2O4S2/c1-32(28,29)23-3-2-4-24(17-23)33(30,31)27(18-20-5-6-20)22-12-15-26(16-13-22)14-11-19-7-9-21(25)10-8-19/h2-4,7-10,17,20,22H,5-6,11-16,18H2,1H3. The zero-order valence-electron chi connectivity index (χ0n) is 18.9. The molecule has 6 nitrogen and oxygen atoms in total. The molecule has 2 fully saturated rings. The summed E-state index contributed by atoms with van der Waals surface area (Å²) in [6.07, 6.45) is 5.69. The molecular weight excluding hydrogens is 480 g/mol. The number of rotatable bonds is 9. The Kier molecular flexibility index (Phi) is 7.50. The lowest BCUT2D eigenvalue weighted by atomic mass is 10.0. The largest absolute Gasteiger partial charge is 0.303 e. The van der Waals surface area contributed by atoms with E-state index in [-0.39, 0.29) is 15.8 Å². The first-order valence-electron chi connectivity index (χ1n) is 11.4. The highest BCUT2D eigenvalue weighted by Gasteiger charge is 2.38. The van der Waals surface area contributed by atoms with Gasteiger partial charge in [0.2, 0.25) is 10.0 Å². The van der Waals surface area contributed by atoms with Crippen molar-refractivity contribution in [3.05, 3.63) is 59.1 Å². The van der Waals surface area contributed by atoms with Crippen LogP contribution in [0.4, 0.5) is 0 Å². The van der Waals surface area contributed by atoms with Gasteiger partial charge in [0.1, 0.15) is 0 Å². The smallest absolute Gasteiger partial charge is 0.243 e. The SMILES string of the molecule is CS(=O)(=O)c1cccc(S(=O)(=O)N(CC2CC2)C2CCN(CCc3ccc(Cl)cc3)CC2)c1. The minimum absolute atomic E-state index is 0.0342. The Morgan fingerprint density at radius 3 is 2.18 bits per heavy atom. The van der Waals surface area contributed by atoms with E-state index in [2.05, 4.69) is 4.90 Å². The first kappa shape index (κ1) is 24.7. The summed E-state index contributed by atoms with van der Waals surface area (Å²) in [5.74, 6) is 0.404. The fourth-order valence-electron chi connectivity index (χ4n) is 4.37. The van der Waals surface area contributed by atoms with Gasteiger partial charge in [-0.05, 0) is 87.0 Å². The molecule has 0 atom stereocenters. The maximum absolute atomic E-state index is 13.6. The molecule has 0 amide bonds. The predicted octanol–water partition coefficient (Wildman–Crippen LogP) is 3.85. The number of sulfone groups is 1. The number of benzene rings is 2. The molecule has 180 valence electrons. The lowest BCUT2D eigenvalue weighted by Crippen LogP contribution is -2.48. The third kappa shape index (κ3) is 6.36. The van der Waals surface area contributed by atoms with Crippen LogP contribution in [0.5, 0.6) is 0 Å². The third-order valence-corrected chi connectivity index (χ3v) is 9.85. The molecule has 1 aliphatic heterocycles. The molecule has 9 heteroatoms. The summed E-state index contributed by atoms with van der Waals surface area (Å²) >= 11 is 5.96. The quantitative estimate of drug-likeness (QED) is 0.512. The van der Waals surface area contributed by atoms with Crippen molar-refractivity contribution in [3.63, 3.8) is 0 Å². The second-order valence-corrected chi connectivity index (χ2v) is 13.6. The fraction of sp³-hybridized carbons (Fsp3) is 0.500. The van der Waals surface area contributed by atoms with Crippen LogP contribution in [0.3, 0.4) is 0 Å². The van der Waals surface area contributed by atoms with E-state index >= 15 is 0 Å². The van der Waals surface area contributed by atoms with E-state index in [1.54, 1.807) is 4.31 Å². The first-order chi connectivity index (χ1) is 15.6. The number of halogens is 1. The van der Waals surface area contributed by atoms with Crippen LogP contribution in [0, 0.1) is 5.92 Å².